The lowest BCUT2D eigenvalue weighted by atomic mass is 10.2. The molecule has 0 saturated heterocycles. The van der Waals surface area contributed by atoms with Crippen molar-refractivity contribution in [1.29, 1.82) is 0 Å². The second kappa shape index (κ2) is 14.6. The first-order valence-electron chi connectivity index (χ1n) is 9.66. The average Bonchev–Trinajstić information content (AvgIpc) is 2.72. The molecule has 0 spiro atoms. The van der Waals surface area contributed by atoms with Crippen LogP contribution in [0.2, 0.25) is 0 Å². The van der Waals surface area contributed by atoms with Crippen molar-refractivity contribution in [1.82, 2.24) is 5.32 Å². The largest absolute Gasteiger partial charge is 0.487 e. The quantitative estimate of drug-likeness (QED) is 0.734. The molecule has 0 aliphatic carbocycles. The van der Waals surface area contributed by atoms with E-state index in [1.807, 2.05) is 0 Å². The standard InChI is InChI=1S/C20H30N2O7/c1-2-5-21-20(23)22-17-3-4-18-19(16-17)29-15-13-27-11-9-25-7-6-24-8-10-26-12-14-28-18/h2-4,16H,1,5-15H2,(H2,21,22,23). The molecule has 0 fully saturated rings. The van der Waals surface area contributed by atoms with Crippen LogP contribution in [0.4, 0.5) is 10.5 Å². The zero-order chi connectivity index (χ0) is 20.6. The summed E-state index contributed by atoms with van der Waals surface area (Å²) in [7, 11) is 0. The van der Waals surface area contributed by atoms with Crippen molar-refractivity contribution < 1.29 is 33.2 Å². The minimum absolute atomic E-state index is 0.329. The van der Waals surface area contributed by atoms with Gasteiger partial charge in [-0.05, 0) is 12.1 Å². The Morgan fingerprint density at radius 2 is 1.34 bits per heavy atom. The van der Waals surface area contributed by atoms with Crippen LogP contribution < -0.4 is 20.1 Å². The van der Waals surface area contributed by atoms with Gasteiger partial charge in [0.2, 0.25) is 0 Å². The number of rotatable bonds is 3. The van der Waals surface area contributed by atoms with Crippen LogP contribution in [0.5, 0.6) is 11.5 Å². The van der Waals surface area contributed by atoms with Gasteiger partial charge in [0, 0.05) is 18.3 Å². The van der Waals surface area contributed by atoms with Gasteiger partial charge in [-0.2, -0.15) is 0 Å². The van der Waals surface area contributed by atoms with Crippen molar-refractivity contribution in [3.63, 3.8) is 0 Å². The van der Waals surface area contributed by atoms with Crippen molar-refractivity contribution in [2.75, 3.05) is 77.9 Å². The molecule has 9 nitrogen and oxygen atoms in total. The van der Waals surface area contributed by atoms with Crippen LogP contribution in [0.15, 0.2) is 30.9 Å². The van der Waals surface area contributed by atoms with Crippen molar-refractivity contribution in [2.24, 2.45) is 0 Å². The monoisotopic (exact) mass is 410 g/mol. The molecule has 29 heavy (non-hydrogen) atoms. The molecule has 2 rings (SSSR count). The van der Waals surface area contributed by atoms with Gasteiger partial charge in [0.05, 0.1) is 52.9 Å². The molecule has 0 aromatic heterocycles. The molecule has 1 aliphatic rings. The van der Waals surface area contributed by atoms with E-state index in [2.05, 4.69) is 17.2 Å². The summed E-state index contributed by atoms with van der Waals surface area (Å²) >= 11 is 0. The Bertz CT molecular complexity index is 612. The number of benzene rings is 1. The maximum Gasteiger partial charge on any atom is 0.319 e. The fourth-order valence-corrected chi connectivity index (χ4v) is 2.34. The number of hydrogen-bond donors (Lipinski definition) is 2. The summed E-state index contributed by atoms with van der Waals surface area (Å²) in [6, 6.07) is 4.86. The summed E-state index contributed by atoms with van der Waals surface area (Å²) in [5, 5.41) is 5.39. The number of carbonyl (C=O) groups is 1. The van der Waals surface area contributed by atoms with E-state index in [1.165, 1.54) is 0 Å². The zero-order valence-corrected chi connectivity index (χ0v) is 16.7. The van der Waals surface area contributed by atoms with Crippen LogP contribution in [0.1, 0.15) is 0 Å². The Labute approximate surface area is 171 Å². The van der Waals surface area contributed by atoms with E-state index in [1.54, 1.807) is 24.3 Å². The summed E-state index contributed by atoms with van der Waals surface area (Å²) in [6.45, 7) is 8.47. The SMILES string of the molecule is C=CCNC(=O)Nc1ccc2c(c1)OCCOCCOCCOCCOCCO2. The molecule has 1 aliphatic heterocycles. The molecular formula is C20H30N2O7. The topological polar surface area (TPSA) is 96.5 Å². The highest BCUT2D eigenvalue weighted by Crippen LogP contribution is 2.30. The third-order valence-electron chi connectivity index (χ3n) is 3.70. The first-order valence-corrected chi connectivity index (χ1v) is 9.66. The fraction of sp³-hybridized carbons (Fsp3) is 0.550. The average molecular weight is 410 g/mol. The maximum atomic E-state index is 11.8. The van der Waals surface area contributed by atoms with Gasteiger partial charge in [-0.25, -0.2) is 4.79 Å². The Balaban J connectivity index is 1.94. The first-order chi connectivity index (χ1) is 14.3. The van der Waals surface area contributed by atoms with Gasteiger partial charge in [-0.1, -0.05) is 6.08 Å². The minimum atomic E-state index is -0.329. The first kappa shape index (κ1) is 23.0. The summed E-state index contributed by atoms with van der Waals surface area (Å²) in [4.78, 5) is 11.8. The number of urea groups is 1. The third kappa shape index (κ3) is 10.1. The molecule has 162 valence electrons. The van der Waals surface area contributed by atoms with Crippen molar-refractivity contribution in [3.05, 3.63) is 30.9 Å². The highest BCUT2D eigenvalue weighted by atomic mass is 16.6. The molecule has 2 N–H and O–H groups in total. The highest BCUT2D eigenvalue weighted by molar-refractivity contribution is 5.89. The Kier molecular flexibility index (Phi) is 11.6. The summed E-state index contributed by atoms with van der Waals surface area (Å²) in [5.41, 5.74) is 0.582. The Morgan fingerprint density at radius 1 is 0.828 bits per heavy atom. The number of anilines is 1. The van der Waals surface area contributed by atoms with Crippen molar-refractivity contribution in [3.8, 4) is 11.5 Å². The lowest BCUT2D eigenvalue weighted by Crippen LogP contribution is -2.28. The Hall–Kier alpha value is -2.33. The van der Waals surface area contributed by atoms with Crippen LogP contribution in [-0.2, 0) is 18.9 Å². The van der Waals surface area contributed by atoms with E-state index in [0.717, 1.165) is 0 Å². The number of carbonyl (C=O) groups excluding carboxylic acids is 1. The number of nitrogens with one attached hydrogen (secondary N) is 2. The molecule has 0 atom stereocenters. The molecule has 1 aromatic rings. The number of ether oxygens (including phenoxy) is 6. The molecule has 1 heterocycles. The summed E-state index contributed by atoms with van der Waals surface area (Å²) in [5.74, 6) is 1.07. The highest BCUT2D eigenvalue weighted by Gasteiger charge is 2.09. The number of hydrogen-bond acceptors (Lipinski definition) is 7. The molecule has 0 unspecified atom stereocenters. The van der Waals surface area contributed by atoms with Crippen LogP contribution in [0.3, 0.4) is 0 Å². The summed E-state index contributed by atoms with van der Waals surface area (Å²) < 4.78 is 33.4. The predicted octanol–water partition coefficient (Wildman–Crippen LogP) is 1.83. The predicted molar refractivity (Wildman–Crippen MR) is 108 cm³/mol. The van der Waals surface area contributed by atoms with Gasteiger partial charge in [0.15, 0.2) is 11.5 Å². The second-order valence-corrected chi connectivity index (χ2v) is 5.93. The van der Waals surface area contributed by atoms with E-state index in [4.69, 9.17) is 28.4 Å². The van der Waals surface area contributed by atoms with Gasteiger partial charge in [0.1, 0.15) is 13.2 Å². The van der Waals surface area contributed by atoms with Crippen LogP contribution in [0, 0.1) is 0 Å². The maximum absolute atomic E-state index is 11.8. The van der Waals surface area contributed by atoms with E-state index < -0.39 is 0 Å². The molecular weight excluding hydrogens is 380 g/mol. The van der Waals surface area contributed by atoms with Gasteiger partial charge < -0.3 is 39.1 Å². The summed E-state index contributed by atoms with van der Waals surface area (Å²) in [6.07, 6.45) is 1.60. The normalized spacial score (nSPS) is 17.4. The van der Waals surface area contributed by atoms with E-state index in [0.29, 0.717) is 89.8 Å². The zero-order valence-electron chi connectivity index (χ0n) is 16.7. The van der Waals surface area contributed by atoms with E-state index in [9.17, 15) is 4.79 Å². The minimum Gasteiger partial charge on any atom is -0.487 e. The van der Waals surface area contributed by atoms with Gasteiger partial charge >= 0.3 is 6.03 Å². The van der Waals surface area contributed by atoms with Crippen molar-refractivity contribution in [2.45, 2.75) is 0 Å². The second-order valence-electron chi connectivity index (χ2n) is 5.93. The molecule has 2 amide bonds. The lowest BCUT2D eigenvalue weighted by Gasteiger charge is -2.15. The molecule has 0 bridgehead atoms. The van der Waals surface area contributed by atoms with Crippen LogP contribution in [0.25, 0.3) is 0 Å². The van der Waals surface area contributed by atoms with Crippen LogP contribution >= 0.6 is 0 Å². The number of amides is 2. The smallest absolute Gasteiger partial charge is 0.319 e. The molecule has 1 aromatic carbocycles. The fourth-order valence-electron chi connectivity index (χ4n) is 2.34. The van der Waals surface area contributed by atoms with Gasteiger partial charge in [-0.15, -0.1) is 6.58 Å². The lowest BCUT2D eigenvalue weighted by molar-refractivity contribution is -0.00841. The van der Waals surface area contributed by atoms with Gasteiger partial charge in [-0.3, -0.25) is 0 Å². The van der Waals surface area contributed by atoms with E-state index >= 15 is 0 Å². The van der Waals surface area contributed by atoms with Crippen LogP contribution in [-0.4, -0.2) is 78.6 Å². The van der Waals surface area contributed by atoms with Gasteiger partial charge in [0.25, 0.3) is 0 Å². The number of fused-ring (bicyclic) bond motifs is 1. The van der Waals surface area contributed by atoms with E-state index in [-0.39, 0.29) is 6.03 Å². The third-order valence-corrected chi connectivity index (χ3v) is 3.70. The Morgan fingerprint density at radius 3 is 1.90 bits per heavy atom. The molecule has 0 radical (unpaired) electrons. The molecule has 9 heteroatoms. The molecule has 0 saturated carbocycles. The van der Waals surface area contributed by atoms with Crippen molar-refractivity contribution >= 4 is 11.7 Å².